The van der Waals surface area contributed by atoms with Crippen molar-refractivity contribution in [3.63, 3.8) is 0 Å². The van der Waals surface area contributed by atoms with Crippen LogP contribution in [0.5, 0.6) is 0 Å². The third-order valence-corrected chi connectivity index (χ3v) is 7.92. The number of pyridine rings is 1. The second-order valence-corrected chi connectivity index (χ2v) is 15.9. The highest BCUT2D eigenvalue weighted by molar-refractivity contribution is 6.76. The van der Waals surface area contributed by atoms with Gasteiger partial charge < -0.3 is 25.1 Å². The first kappa shape index (κ1) is 24.9. The van der Waals surface area contributed by atoms with Crippen LogP contribution in [0.4, 0.5) is 11.5 Å². The van der Waals surface area contributed by atoms with Crippen molar-refractivity contribution in [2.45, 2.75) is 58.2 Å². The highest BCUT2D eigenvalue weighted by Crippen LogP contribution is 2.33. The molecule has 12 heteroatoms. The lowest BCUT2D eigenvalue weighted by molar-refractivity contribution is -0.147. The molecule has 2 amide bonds. The number of rotatable bonds is 7. The Morgan fingerprint density at radius 1 is 1.26 bits per heavy atom. The second-order valence-electron chi connectivity index (χ2n) is 10.3. The molecule has 3 aromatic rings. The Balaban J connectivity index is 1.53. The van der Waals surface area contributed by atoms with Crippen molar-refractivity contribution in [3.8, 4) is 0 Å². The Hall–Kier alpha value is -3.25. The van der Waals surface area contributed by atoms with E-state index >= 15 is 0 Å². The predicted molar refractivity (Wildman–Crippen MR) is 134 cm³/mol. The Morgan fingerprint density at radius 2 is 2.06 bits per heavy atom. The Labute approximate surface area is 205 Å². The molecule has 3 aromatic heterocycles. The lowest BCUT2D eigenvalue weighted by Crippen LogP contribution is -2.46. The maximum Gasteiger partial charge on any atom is 0.314 e. The molecular weight excluding hydrogens is 466 g/mol. The molecule has 2 unspecified atom stereocenters. The molecule has 1 fully saturated rings. The van der Waals surface area contributed by atoms with Gasteiger partial charge in [-0.1, -0.05) is 26.6 Å². The number of hydrogen-bond acceptors (Lipinski definition) is 8. The molecule has 11 nitrogen and oxygen atoms in total. The van der Waals surface area contributed by atoms with Crippen LogP contribution in [0.15, 0.2) is 29.4 Å². The third-order valence-electron chi connectivity index (χ3n) is 6.21. The number of nitrogen functional groups attached to an aromatic ring is 1. The zero-order valence-electron chi connectivity index (χ0n) is 20.7. The van der Waals surface area contributed by atoms with Crippen molar-refractivity contribution >= 4 is 42.3 Å². The number of aromatic nitrogens is 4. The van der Waals surface area contributed by atoms with E-state index in [1.54, 1.807) is 22.0 Å². The number of anilines is 2. The van der Waals surface area contributed by atoms with E-state index in [-0.39, 0.29) is 24.5 Å². The number of nitrogens with zero attached hydrogens (tertiary/aromatic N) is 5. The zero-order chi connectivity index (χ0) is 25.2. The average molecular weight is 500 g/mol. The molecule has 0 aromatic carbocycles. The largest absolute Gasteiger partial charge is 0.446 e. The Kier molecular flexibility index (Phi) is 7.22. The molecule has 35 heavy (non-hydrogen) atoms. The van der Waals surface area contributed by atoms with E-state index in [0.717, 1.165) is 12.5 Å². The summed E-state index contributed by atoms with van der Waals surface area (Å²) in [6, 6.07) is 0.691. The van der Waals surface area contributed by atoms with Crippen LogP contribution in [0.1, 0.15) is 31.6 Å². The number of carbonyl (C=O) groups excluding carboxylic acids is 2. The van der Waals surface area contributed by atoms with Crippen LogP contribution in [0, 0.1) is 5.92 Å². The summed E-state index contributed by atoms with van der Waals surface area (Å²) in [7, 11) is -1.23. The number of fused-ring (bicyclic) bond motifs is 1. The van der Waals surface area contributed by atoms with Crippen molar-refractivity contribution in [1.82, 2.24) is 24.6 Å². The van der Waals surface area contributed by atoms with Gasteiger partial charge in [0.15, 0.2) is 6.39 Å². The smallest absolute Gasteiger partial charge is 0.314 e. The first-order chi connectivity index (χ1) is 16.6. The summed E-state index contributed by atoms with van der Waals surface area (Å²) >= 11 is 0. The maximum absolute atomic E-state index is 13.2. The molecule has 3 N–H and O–H groups in total. The van der Waals surface area contributed by atoms with E-state index in [0.29, 0.717) is 41.9 Å². The standard InChI is InChI=1S/C23H33N7O4Si/c1-15-5-6-18(19-11-25-13-34-19)29(12-15)23(32)22(31)28-17-10-26-21(24)16-9-27-30(20(16)17)14-33-7-8-35(2,3)4/h9-11,13,15,18H,5-8,12,14H2,1-4H3,(H2,24,26)(H,28,31). The summed E-state index contributed by atoms with van der Waals surface area (Å²) in [5, 5.41) is 7.67. The van der Waals surface area contributed by atoms with Gasteiger partial charge in [-0.2, -0.15) is 5.10 Å². The highest BCUT2D eigenvalue weighted by Gasteiger charge is 2.36. The summed E-state index contributed by atoms with van der Waals surface area (Å²) in [4.78, 5) is 36.0. The van der Waals surface area contributed by atoms with Gasteiger partial charge in [-0.15, -0.1) is 0 Å². The first-order valence-corrected chi connectivity index (χ1v) is 15.5. The molecule has 1 aliphatic rings. The average Bonchev–Trinajstić information content (AvgIpc) is 3.48. The van der Waals surface area contributed by atoms with Crippen LogP contribution in [0.3, 0.4) is 0 Å². The van der Waals surface area contributed by atoms with E-state index in [1.165, 1.54) is 12.6 Å². The van der Waals surface area contributed by atoms with E-state index in [4.69, 9.17) is 14.9 Å². The van der Waals surface area contributed by atoms with E-state index < -0.39 is 19.9 Å². The van der Waals surface area contributed by atoms with Crippen LogP contribution in [-0.4, -0.2) is 57.7 Å². The van der Waals surface area contributed by atoms with Gasteiger partial charge in [-0.25, -0.2) is 14.6 Å². The van der Waals surface area contributed by atoms with Crippen molar-refractivity contribution < 1.29 is 18.7 Å². The molecule has 1 saturated heterocycles. The lowest BCUT2D eigenvalue weighted by atomic mass is 9.93. The van der Waals surface area contributed by atoms with Crippen LogP contribution >= 0.6 is 0 Å². The molecule has 2 atom stereocenters. The molecule has 4 heterocycles. The summed E-state index contributed by atoms with van der Waals surface area (Å²) in [5.74, 6) is -0.272. The van der Waals surface area contributed by atoms with Gasteiger partial charge in [0.1, 0.15) is 18.3 Å². The summed E-state index contributed by atoms with van der Waals surface area (Å²) in [6.07, 6.45) is 7.58. The highest BCUT2D eigenvalue weighted by atomic mass is 28.3. The molecule has 1 aliphatic heterocycles. The van der Waals surface area contributed by atoms with Crippen molar-refractivity contribution in [2.24, 2.45) is 5.92 Å². The van der Waals surface area contributed by atoms with Gasteiger partial charge in [0.2, 0.25) is 0 Å². The normalized spacial score (nSPS) is 18.7. The molecule has 0 aliphatic carbocycles. The number of amides is 2. The SMILES string of the molecule is CC1CCC(c2cnco2)N(C(=O)C(=O)Nc2cnc(N)c3cnn(COCC[Si](C)(C)C)c23)C1. The lowest BCUT2D eigenvalue weighted by Gasteiger charge is -2.36. The minimum Gasteiger partial charge on any atom is -0.446 e. The van der Waals surface area contributed by atoms with Crippen molar-refractivity contribution in [1.29, 1.82) is 0 Å². The first-order valence-electron chi connectivity index (χ1n) is 11.8. The second kappa shape index (κ2) is 10.2. The van der Waals surface area contributed by atoms with Crippen LogP contribution < -0.4 is 11.1 Å². The minimum absolute atomic E-state index is 0.200. The number of hydrogen-bond donors (Lipinski definition) is 2. The van der Waals surface area contributed by atoms with Crippen molar-refractivity contribution in [3.05, 3.63) is 30.7 Å². The minimum atomic E-state index is -1.23. The molecule has 188 valence electrons. The molecule has 0 bridgehead atoms. The van der Waals surface area contributed by atoms with Crippen LogP contribution in [0.25, 0.3) is 10.9 Å². The number of nitrogens with two attached hydrogens (primary N) is 1. The number of likely N-dealkylation sites (tertiary alicyclic amines) is 1. The summed E-state index contributed by atoms with van der Waals surface area (Å²) in [6.45, 7) is 10.2. The van der Waals surface area contributed by atoms with Gasteiger partial charge in [-0.05, 0) is 24.8 Å². The topological polar surface area (TPSA) is 141 Å². The van der Waals surface area contributed by atoms with Gasteiger partial charge in [-0.3, -0.25) is 9.59 Å². The number of carbonyl (C=O) groups is 2. The molecule has 0 radical (unpaired) electrons. The van der Waals surface area contributed by atoms with Gasteiger partial charge >= 0.3 is 11.8 Å². The molecular formula is C23H33N7O4Si. The monoisotopic (exact) mass is 499 g/mol. The Bertz CT molecular complexity index is 1190. The summed E-state index contributed by atoms with van der Waals surface area (Å²) < 4.78 is 12.9. The van der Waals surface area contributed by atoms with Gasteiger partial charge in [0, 0.05) is 21.2 Å². The van der Waals surface area contributed by atoms with E-state index in [9.17, 15) is 9.59 Å². The quantitative estimate of drug-likeness (QED) is 0.287. The fraction of sp³-hybridized carbons (Fsp3) is 0.522. The third kappa shape index (κ3) is 5.70. The molecule has 0 saturated carbocycles. The van der Waals surface area contributed by atoms with Crippen molar-refractivity contribution in [2.75, 3.05) is 24.2 Å². The molecule has 4 rings (SSSR count). The van der Waals surface area contributed by atoms with Crippen LogP contribution in [0.2, 0.25) is 25.7 Å². The predicted octanol–water partition coefficient (Wildman–Crippen LogP) is 3.25. The Morgan fingerprint density at radius 3 is 2.77 bits per heavy atom. The fourth-order valence-corrected chi connectivity index (χ4v) is 4.97. The number of nitrogens with one attached hydrogen (secondary N) is 1. The van der Waals surface area contributed by atoms with Gasteiger partial charge in [0.25, 0.3) is 0 Å². The number of oxazole rings is 1. The molecule has 0 spiro atoms. The van der Waals surface area contributed by atoms with E-state index in [1.807, 2.05) is 0 Å². The zero-order valence-corrected chi connectivity index (χ0v) is 21.7. The fourth-order valence-electron chi connectivity index (χ4n) is 4.21. The summed E-state index contributed by atoms with van der Waals surface area (Å²) in [5.41, 5.74) is 6.95. The van der Waals surface area contributed by atoms with E-state index in [2.05, 4.69) is 46.9 Å². The number of piperidine rings is 1. The van der Waals surface area contributed by atoms with Gasteiger partial charge in [0.05, 0.1) is 41.2 Å². The number of ether oxygens (including phenoxy) is 1. The van der Waals surface area contributed by atoms with Crippen LogP contribution in [-0.2, 0) is 21.1 Å². The maximum atomic E-state index is 13.2.